The van der Waals surface area contributed by atoms with Crippen LogP contribution in [0.1, 0.15) is 17.0 Å². The Morgan fingerprint density at radius 3 is 2.31 bits per heavy atom. The quantitative estimate of drug-likeness (QED) is 0.352. The molecule has 2 amide bonds. The molecule has 208 valence electrons. The van der Waals surface area contributed by atoms with Crippen LogP contribution in [0.4, 0.5) is 26.7 Å². The Hall–Kier alpha value is -3.07. The molecule has 1 fully saturated rings. The lowest BCUT2D eigenvalue weighted by Crippen LogP contribution is -2.56. The number of cyclic esters (lactones) is 1. The van der Waals surface area contributed by atoms with Crippen LogP contribution in [-0.2, 0) is 26.0 Å². The van der Waals surface area contributed by atoms with E-state index < -0.39 is 67.6 Å². The van der Waals surface area contributed by atoms with Crippen LogP contribution in [0.5, 0.6) is 0 Å². The van der Waals surface area contributed by atoms with Crippen molar-refractivity contribution >= 4 is 45.0 Å². The number of imide groups is 1. The van der Waals surface area contributed by atoms with Gasteiger partial charge in [-0.3, -0.25) is 4.79 Å². The molecular weight excluding hydrogens is 591 g/mol. The van der Waals surface area contributed by atoms with E-state index in [-0.39, 0.29) is 17.4 Å². The summed E-state index contributed by atoms with van der Waals surface area (Å²) in [6, 6.07) is 7.67. The van der Waals surface area contributed by atoms with Crippen LogP contribution >= 0.6 is 22.9 Å². The second-order valence-corrected chi connectivity index (χ2v) is 12.2. The van der Waals surface area contributed by atoms with Crippen molar-refractivity contribution in [3.05, 3.63) is 87.8 Å². The number of nitrogens with zero attached hydrogens (tertiary/aromatic N) is 1. The van der Waals surface area contributed by atoms with Crippen molar-refractivity contribution in [2.24, 2.45) is 0 Å². The van der Waals surface area contributed by atoms with E-state index in [0.717, 1.165) is 6.07 Å². The number of hydrogen-bond donors (Lipinski definition) is 1. The Morgan fingerprint density at radius 1 is 1.10 bits per heavy atom. The molecule has 7 nitrogen and oxygen atoms in total. The van der Waals surface area contributed by atoms with Crippen LogP contribution in [0.15, 0.2) is 64.9 Å². The molecule has 39 heavy (non-hydrogen) atoms. The molecule has 4 rings (SSSR count). The van der Waals surface area contributed by atoms with Gasteiger partial charge in [-0.25, -0.2) is 26.9 Å². The third-order valence-electron chi connectivity index (χ3n) is 5.80. The Morgan fingerprint density at radius 2 is 1.74 bits per heavy atom. The number of benzene rings is 2. The van der Waals surface area contributed by atoms with Crippen LogP contribution in [0.3, 0.4) is 0 Å². The average molecular weight is 609 g/mol. The summed E-state index contributed by atoms with van der Waals surface area (Å²) in [7, 11) is -4.84. The summed E-state index contributed by atoms with van der Waals surface area (Å²) in [5.41, 5.74) is -0.457. The van der Waals surface area contributed by atoms with Gasteiger partial charge in [0.05, 0.1) is 10.4 Å². The zero-order valence-corrected chi connectivity index (χ0v) is 21.9. The van der Waals surface area contributed by atoms with Crippen molar-refractivity contribution in [2.75, 3.05) is 6.61 Å². The van der Waals surface area contributed by atoms with Crippen LogP contribution in [0.25, 0.3) is 0 Å². The van der Waals surface area contributed by atoms with Gasteiger partial charge < -0.3 is 4.74 Å². The molecule has 2 aromatic carbocycles. The van der Waals surface area contributed by atoms with Crippen molar-refractivity contribution in [3.8, 4) is 0 Å². The molecule has 0 spiro atoms. The smallest absolute Gasteiger partial charge is 0.417 e. The van der Waals surface area contributed by atoms with Crippen molar-refractivity contribution in [1.82, 2.24) is 9.62 Å². The fraction of sp³-hybridized carbons (Fsp3) is 0.250. The lowest BCUT2D eigenvalue weighted by atomic mass is 9.89. The molecule has 0 radical (unpaired) electrons. The van der Waals surface area contributed by atoms with E-state index in [2.05, 4.69) is 0 Å². The minimum atomic E-state index is -5.41. The number of nitrogens with one attached hydrogen (secondary N) is 1. The number of ether oxygens (including phenoxy) is 1. The number of sulfonamides is 1. The van der Waals surface area contributed by atoms with Crippen LogP contribution in [0.2, 0.25) is 4.34 Å². The van der Waals surface area contributed by atoms with E-state index in [0.29, 0.717) is 40.0 Å². The molecule has 0 bridgehead atoms. The summed E-state index contributed by atoms with van der Waals surface area (Å²) in [4.78, 5) is 26.7. The predicted molar refractivity (Wildman–Crippen MR) is 131 cm³/mol. The number of carbonyl (C=O) groups excluding carboxylic acids is 2. The third-order valence-corrected chi connectivity index (χ3v) is 8.97. The normalized spacial score (nSPS) is 17.6. The van der Waals surface area contributed by atoms with E-state index >= 15 is 0 Å². The maximum absolute atomic E-state index is 14.5. The topological polar surface area (TPSA) is 92.8 Å². The Bertz CT molecular complexity index is 1460. The summed E-state index contributed by atoms with van der Waals surface area (Å²) in [6.07, 6.45) is -6.71. The summed E-state index contributed by atoms with van der Waals surface area (Å²) in [5, 5.41) is 0. The summed E-state index contributed by atoms with van der Waals surface area (Å²) >= 11 is 6.28. The fourth-order valence-corrected chi connectivity index (χ4v) is 6.87. The molecule has 1 aromatic heterocycles. The first-order valence-electron chi connectivity index (χ1n) is 11.1. The largest absolute Gasteiger partial charge is 0.447 e. The van der Waals surface area contributed by atoms with Gasteiger partial charge in [0.2, 0.25) is 0 Å². The predicted octanol–water partition coefficient (Wildman–Crippen LogP) is 5.26. The number of rotatable bonds is 8. The van der Waals surface area contributed by atoms with Gasteiger partial charge in [0.15, 0.2) is 0 Å². The number of hydrogen-bond acceptors (Lipinski definition) is 6. The van der Waals surface area contributed by atoms with Crippen molar-refractivity contribution in [3.63, 3.8) is 0 Å². The van der Waals surface area contributed by atoms with E-state index in [9.17, 15) is 40.0 Å². The SMILES string of the molecule is O=C1OC[C@H](Cc2ccccc2)N1C(=O)[C@@H](NS(=O)(=O)c1ccc(Cl)s1)C(c1cc(F)cc(F)c1)C(F)(F)F. The van der Waals surface area contributed by atoms with Crippen molar-refractivity contribution in [1.29, 1.82) is 0 Å². The number of carbonyl (C=O) groups is 2. The molecule has 1 unspecified atom stereocenters. The molecule has 1 aliphatic rings. The average Bonchev–Trinajstić information content (AvgIpc) is 3.43. The van der Waals surface area contributed by atoms with Crippen molar-refractivity contribution < 1.29 is 44.7 Å². The van der Waals surface area contributed by atoms with Crippen LogP contribution in [0, 0.1) is 11.6 Å². The standard InChI is InChI=1S/C24H18ClF5N2O5S2/c25-18-6-7-19(38-18)39(35,36)31-21(20(24(28,29)30)14-9-15(26)11-16(27)10-14)22(33)32-17(12-37-23(32)34)8-13-4-2-1-3-5-13/h1-7,9-11,17,20-21,31H,8,12H2/t17-,20?,21-/m0/s1. The molecular formula is C24H18ClF5N2O5S2. The Labute approximate surface area is 228 Å². The highest BCUT2D eigenvalue weighted by Crippen LogP contribution is 2.40. The first-order chi connectivity index (χ1) is 18.3. The van der Waals surface area contributed by atoms with Gasteiger partial charge >= 0.3 is 12.3 Å². The second-order valence-electron chi connectivity index (χ2n) is 8.51. The summed E-state index contributed by atoms with van der Waals surface area (Å²) < 4.78 is 104. The molecule has 15 heteroatoms. The second kappa shape index (κ2) is 11.2. The van der Waals surface area contributed by atoms with Gasteiger partial charge in [0.25, 0.3) is 15.9 Å². The number of thiophene rings is 1. The highest BCUT2D eigenvalue weighted by Gasteiger charge is 2.53. The van der Waals surface area contributed by atoms with Gasteiger partial charge in [0, 0.05) is 6.07 Å². The highest BCUT2D eigenvalue weighted by molar-refractivity contribution is 7.91. The fourth-order valence-electron chi connectivity index (χ4n) is 4.17. The molecule has 0 aliphatic carbocycles. The highest BCUT2D eigenvalue weighted by atomic mass is 35.5. The molecule has 1 aliphatic heterocycles. The number of halogens is 6. The van der Waals surface area contributed by atoms with E-state index in [1.54, 1.807) is 35.1 Å². The maximum atomic E-state index is 14.5. The van der Waals surface area contributed by atoms with Gasteiger partial charge in [0.1, 0.15) is 34.4 Å². The summed E-state index contributed by atoms with van der Waals surface area (Å²) in [6.45, 7) is -0.370. The van der Waals surface area contributed by atoms with E-state index in [1.807, 2.05) is 0 Å². The molecule has 3 aromatic rings. The molecule has 0 saturated carbocycles. The first-order valence-corrected chi connectivity index (χ1v) is 13.8. The summed E-state index contributed by atoms with van der Waals surface area (Å²) in [5.74, 6) is -7.48. The lowest BCUT2D eigenvalue weighted by Gasteiger charge is -2.32. The van der Waals surface area contributed by atoms with Crippen molar-refractivity contribution in [2.45, 2.75) is 34.8 Å². The maximum Gasteiger partial charge on any atom is 0.417 e. The lowest BCUT2D eigenvalue weighted by molar-refractivity contribution is -0.164. The van der Waals surface area contributed by atoms with E-state index in [4.69, 9.17) is 16.3 Å². The third kappa shape index (κ3) is 6.57. The Kier molecular flexibility index (Phi) is 8.30. The molecule has 3 atom stereocenters. The first kappa shape index (κ1) is 28.9. The van der Waals surface area contributed by atoms with Gasteiger partial charge in [-0.15, -0.1) is 11.3 Å². The van der Waals surface area contributed by atoms with Gasteiger partial charge in [-0.05, 0) is 41.8 Å². The molecule has 1 saturated heterocycles. The number of amides is 2. The van der Waals surface area contributed by atoms with Gasteiger partial charge in [-0.2, -0.15) is 17.9 Å². The Balaban J connectivity index is 1.81. The minimum Gasteiger partial charge on any atom is -0.447 e. The zero-order chi connectivity index (χ0) is 28.5. The minimum absolute atomic E-state index is 0.0103. The van der Waals surface area contributed by atoms with Crippen LogP contribution < -0.4 is 4.72 Å². The number of alkyl halides is 3. The molecule has 2 heterocycles. The monoisotopic (exact) mass is 608 g/mol. The van der Waals surface area contributed by atoms with Crippen LogP contribution in [-0.4, -0.2) is 50.2 Å². The molecule has 1 N–H and O–H groups in total. The van der Waals surface area contributed by atoms with E-state index in [1.165, 1.54) is 6.07 Å². The van der Waals surface area contributed by atoms with Gasteiger partial charge in [-0.1, -0.05) is 41.9 Å². The zero-order valence-electron chi connectivity index (χ0n) is 19.5.